The van der Waals surface area contributed by atoms with Crippen LogP contribution < -0.4 is 5.73 Å². The van der Waals surface area contributed by atoms with E-state index in [9.17, 15) is 5.11 Å². The molecule has 0 saturated carbocycles. The van der Waals surface area contributed by atoms with Gasteiger partial charge in [0.2, 0.25) is 0 Å². The Kier molecular flexibility index (Phi) is 3.77. The molecule has 0 spiro atoms. The number of phenols is 1. The Hall–Kier alpha value is -1.81. The van der Waals surface area contributed by atoms with Crippen LogP contribution in [-0.2, 0) is 12.8 Å². The van der Waals surface area contributed by atoms with Gasteiger partial charge in [-0.05, 0) is 25.5 Å². The summed E-state index contributed by atoms with van der Waals surface area (Å²) in [4.78, 5) is 4.35. The molecule has 2 rings (SSSR count). The molecule has 17 heavy (non-hydrogen) atoms. The Bertz CT molecular complexity index is 480. The molecule has 90 valence electrons. The van der Waals surface area contributed by atoms with E-state index in [1.165, 1.54) is 0 Å². The van der Waals surface area contributed by atoms with Crippen LogP contribution in [0.5, 0.6) is 5.75 Å². The number of nitrogens with two attached hydrogens (primary N) is 1. The summed E-state index contributed by atoms with van der Waals surface area (Å²) in [6, 6.07) is 7.20. The van der Waals surface area contributed by atoms with Crippen molar-refractivity contribution in [3.63, 3.8) is 0 Å². The topological polar surface area (TPSA) is 72.3 Å². The Balaban J connectivity index is 2.04. The van der Waals surface area contributed by atoms with Crippen molar-refractivity contribution >= 4 is 0 Å². The van der Waals surface area contributed by atoms with Crippen molar-refractivity contribution in [1.82, 2.24) is 4.98 Å². The van der Waals surface area contributed by atoms with E-state index in [2.05, 4.69) is 4.98 Å². The van der Waals surface area contributed by atoms with Crippen molar-refractivity contribution in [3.05, 3.63) is 47.7 Å². The predicted molar refractivity (Wildman–Crippen MR) is 64.8 cm³/mol. The van der Waals surface area contributed by atoms with Gasteiger partial charge in [-0.1, -0.05) is 18.2 Å². The number of phenolic OH excluding ortho intramolecular Hbond substituents is 1. The van der Waals surface area contributed by atoms with E-state index < -0.39 is 0 Å². The summed E-state index contributed by atoms with van der Waals surface area (Å²) >= 11 is 0. The molecule has 0 radical (unpaired) electrons. The third-order valence-corrected chi connectivity index (χ3v) is 2.57. The molecule has 4 nitrogen and oxygen atoms in total. The lowest BCUT2D eigenvalue weighted by molar-refractivity contribution is 0.461. The number of hydrogen-bond donors (Lipinski definition) is 2. The number of hydrogen-bond acceptors (Lipinski definition) is 4. The molecular weight excluding hydrogens is 216 g/mol. The van der Waals surface area contributed by atoms with Gasteiger partial charge in [-0.3, -0.25) is 0 Å². The summed E-state index contributed by atoms with van der Waals surface area (Å²) < 4.78 is 5.36. The molecular formula is C13H16N2O2. The van der Waals surface area contributed by atoms with Gasteiger partial charge in [0.15, 0.2) is 5.89 Å². The van der Waals surface area contributed by atoms with Crippen molar-refractivity contribution in [1.29, 1.82) is 0 Å². The lowest BCUT2D eigenvalue weighted by Gasteiger charge is -2.00. The maximum absolute atomic E-state index is 9.63. The molecule has 3 N–H and O–H groups in total. The third-order valence-electron chi connectivity index (χ3n) is 2.57. The number of oxazole rings is 1. The van der Waals surface area contributed by atoms with E-state index in [1.807, 2.05) is 12.1 Å². The van der Waals surface area contributed by atoms with E-state index in [-0.39, 0.29) is 5.75 Å². The van der Waals surface area contributed by atoms with E-state index in [1.54, 1.807) is 18.4 Å². The number of aromatic nitrogens is 1. The molecule has 2 aromatic rings. The zero-order chi connectivity index (χ0) is 12.1. The van der Waals surface area contributed by atoms with Gasteiger partial charge in [-0.25, -0.2) is 4.98 Å². The maximum Gasteiger partial charge on any atom is 0.198 e. The highest BCUT2D eigenvalue weighted by Gasteiger charge is 2.07. The van der Waals surface area contributed by atoms with E-state index in [0.717, 1.165) is 24.1 Å². The first-order chi connectivity index (χ1) is 8.29. The minimum atomic E-state index is 0.272. The van der Waals surface area contributed by atoms with Crippen molar-refractivity contribution in [2.75, 3.05) is 6.54 Å². The number of benzene rings is 1. The van der Waals surface area contributed by atoms with Crippen LogP contribution in [0, 0.1) is 0 Å². The highest BCUT2D eigenvalue weighted by Crippen LogP contribution is 2.19. The van der Waals surface area contributed by atoms with Crippen molar-refractivity contribution in [2.24, 2.45) is 5.73 Å². The van der Waals surface area contributed by atoms with Crippen molar-refractivity contribution in [3.8, 4) is 5.75 Å². The first-order valence-corrected chi connectivity index (χ1v) is 5.70. The molecule has 0 amide bonds. The molecule has 0 aliphatic rings. The Morgan fingerprint density at radius 1 is 1.29 bits per heavy atom. The Labute approximate surface area is 100 Å². The summed E-state index contributed by atoms with van der Waals surface area (Å²) in [7, 11) is 0. The molecule has 1 aromatic carbocycles. The average molecular weight is 232 g/mol. The van der Waals surface area contributed by atoms with Gasteiger partial charge < -0.3 is 15.3 Å². The highest BCUT2D eigenvalue weighted by molar-refractivity contribution is 5.33. The van der Waals surface area contributed by atoms with E-state index >= 15 is 0 Å². The molecule has 0 aliphatic carbocycles. The first-order valence-electron chi connectivity index (χ1n) is 5.70. The smallest absolute Gasteiger partial charge is 0.198 e. The highest BCUT2D eigenvalue weighted by atomic mass is 16.3. The van der Waals surface area contributed by atoms with Crippen LogP contribution in [0.25, 0.3) is 0 Å². The molecule has 4 heteroatoms. The second-order valence-corrected chi connectivity index (χ2v) is 3.93. The monoisotopic (exact) mass is 232 g/mol. The quantitative estimate of drug-likeness (QED) is 0.825. The number of rotatable bonds is 5. The van der Waals surface area contributed by atoms with Crippen LogP contribution in [-0.4, -0.2) is 16.6 Å². The van der Waals surface area contributed by atoms with Gasteiger partial charge in [0.25, 0.3) is 0 Å². The van der Waals surface area contributed by atoms with Crippen LogP contribution in [0.2, 0.25) is 0 Å². The number of para-hydroxylation sites is 1. The van der Waals surface area contributed by atoms with Gasteiger partial charge in [0.05, 0.1) is 12.1 Å². The third kappa shape index (κ3) is 3.07. The standard InChI is InChI=1S/C13H16N2O2/c14-7-3-5-11-9-17-13(15-11)8-10-4-1-2-6-12(10)16/h1-2,4,6,9,16H,3,5,7-8,14H2. The first kappa shape index (κ1) is 11.7. The van der Waals surface area contributed by atoms with Crippen LogP contribution in [0.1, 0.15) is 23.6 Å². The normalized spacial score (nSPS) is 10.6. The number of nitrogens with zero attached hydrogens (tertiary/aromatic N) is 1. The Morgan fingerprint density at radius 2 is 2.12 bits per heavy atom. The van der Waals surface area contributed by atoms with Crippen LogP contribution in [0.15, 0.2) is 34.9 Å². The van der Waals surface area contributed by atoms with E-state index in [0.29, 0.717) is 18.9 Å². The fourth-order valence-electron chi connectivity index (χ4n) is 1.65. The number of aromatic hydroxyl groups is 1. The summed E-state index contributed by atoms with van der Waals surface area (Å²) in [5.74, 6) is 0.896. The van der Waals surface area contributed by atoms with Gasteiger partial charge in [-0.15, -0.1) is 0 Å². The minimum Gasteiger partial charge on any atom is -0.508 e. The fourth-order valence-corrected chi connectivity index (χ4v) is 1.65. The average Bonchev–Trinajstić information content (AvgIpc) is 2.77. The maximum atomic E-state index is 9.63. The lowest BCUT2D eigenvalue weighted by Crippen LogP contribution is -2.00. The van der Waals surface area contributed by atoms with E-state index in [4.69, 9.17) is 10.2 Å². The summed E-state index contributed by atoms with van der Waals surface area (Å²) in [6.45, 7) is 0.654. The van der Waals surface area contributed by atoms with Gasteiger partial charge in [0, 0.05) is 5.56 Å². The zero-order valence-corrected chi connectivity index (χ0v) is 9.60. The van der Waals surface area contributed by atoms with Crippen LogP contribution in [0.3, 0.4) is 0 Å². The molecule has 0 saturated heterocycles. The molecule has 0 bridgehead atoms. The fraction of sp³-hybridized carbons (Fsp3) is 0.308. The SMILES string of the molecule is NCCCc1coc(Cc2ccccc2O)n1. The van der Waals surface area contributed by atoms with Crippen LogP contribution >= 0.6 is 0 Å². The van der Waals surface area contributed by atoms with Gasteiger partial charge in [-0.2, -0.15) is 0 Å². The summed E-state index contributed by atoms with van der Waals surface area (Å²) in [5.41, 5.74) is 7.17. The molecule has 1 heterocycles. The summed E-state index contributed by atoms with van der Waals surface area (Å²) in [6.07, 6.45) is 3.91. The lowest BCUT2D eigenvalue weighted by atomic mass is 10.1. The second kappa shape index (κ2) is 5.50. The van der Waals surface area contributed by atoms with Gasteiger partial charge >= 0.3 is 0 Å². The van der Waals surface area contributed by atoms with Crippen molar-refractivity contribution in [2.45, 2.75) is 19.3 Å². The van der Waals surface area contributed by atoms with Gasteiger partial charge in [0.1, 0.15) is 12.0 Å². The molecule has 0 unspecified atom stereocenters. The van der Waals surface area contributed by atoms with Crippen LogP contribution in [0.4, 0.5) is 0 Å². The number of aryl methyl sites for hydroxylation is 1. The Morgan fingerprint density at radius 3 is 2.88 bits per heavy atom. The molecule has 0 atom stereocenters. The molecule has 1 aromatic heterocycles. The molecule has 0 fully saturated rings. The predicted octanol–water partition coefficient (Wildman–Crippen LogP) is 1.86. The minimum absolute atomic E-state index is 0.272. The second-order valence-electron chi connectivity index (χ2n) is 3.93. The summed E-state index contributed by atoms with van der Waals surface area (Å²) in [5, 5.41) is 9.63. The molecule has 0 aliphatic heterocycles. The largest absolute Gasteiger partial charge is 0.508 e. The zero-order valence-electron chi connectivity index (χ0n) is 9.60. The van der Waals surface area contributed by atoms with Crippen molar-refractivity contribution < 1.29 is 9.52 Å².